The maximum absolute atomic E-state index is 13.1. The number of sulfone groups is 1. The van der Waals surface area contributed by atoms with Gasteiger partial charge >= 0.3 is 0 Å². The molecule has 2 atom stereocenters. The van der Waals surface area contributed by atoms with Crippen molar-refractivity contribution in [2.24, 2.45) is 5.92 Å². The van der Waals surface area contributed by atoms with E-state index in [1.807, 2.05) is 0 Å². The highest BCUT2D eigenvalue weighted by molar-refractivity contribution is 7.92. The highest BCUT2D eigenvalue weighted by Gasteiger charge is 2.48. The largest absolute Gasteiger partial charge is 0.333 e. The average Bonchev–Trinajstić information content (AvgIpc) is 3.41. The first-order chi connectivity index (χ1) is 12.8. The number of rotatable bonds is 4. The van der Waals surface area contributed by atoms with Gasteiger partial charge in [0.05, 0.1) is 6.04 Å². The standard InChI is InChI=1S/C20H19Cl2NO3S/c21-16-8-6-14(7-9-16)19-20(15-2-1-3-17(22)10-15)27(25,26)12-18(24)23(19)11-13-4-5-13/h1-3,6-10,13,19-20H,4-5,11-12H2/t19-,20+/m1/s1. The second-order valence-electron chi connectivity index (χ2n) is 7.27. The molecule has 0 unspecified atom stereocenters. The summed E-state index contributed by atoms with van der Waals surface area (Å²) in [6.07, 6.45) is 2.15. The summed E-state index contributed by atoms with van der Waals surface area (Å²) in [4.78, 5) is 14.5. The lowest BCUT2D eigenvalue weighted by Crippen LogP contribution is -2.49. The Morgan fingerprint density at radius 3 is 2.30 bits per heavy atom. The molecule has 1 heterocycles. The van der Waals surface area contributed by atoms with Gasteiger partial charge in [0.15, 0.2) is 9.84 Å². The molecule has 0 N–H and O–H groups in total. The van der Waals surface area contributed by atoms with Gasteiger partial charge in [-0.25, -0.2) is 8.42 Å². The quantitative estimate of drug-likeness (QED) is 0.729. The summed E-state index contributed by atoms with van der Waals surface area (Å²) in [5.41, 5.74) is 1.37. The molecule has 2 aliphatic rings. The molecule has 1 amide bonds. The Hall–Kier alpha value is -1.56. The fourth-order valence-corrected chi connectivity index (χ4v) is 6.01. The molecule has 1 saturated carbocycles. The molecule has 27 heavy (non-hydrogen) atoms. The molecule has 0 spiro atoms. The van der Waals surface area contributed by atoms with Gasteiger partial charge in [-0.05, 0) is 54.2 Å². The molecular formula is C20H19Cl2NO3S. The van der Waals surface area contributed by atoms with E-state index in [0.717, 1.165) is 18.4 Å². The van der Waals surface area contributed by atoms with Gasteiger partial charge in [0.1, 0.15) is 11.0 Å². The Labute approximate surface area is 169 Å². The number of carbonyl (C=O) groups is 1. The van der Waals surface area contributed by atoms with Gasteiger partial charge in [0.2, 0.25) is 5.91 Å². The van der Waals surface area contributed by atoms with E-state index in [1.165, 1.54) is 0 Å². The van der Waals surface area contributed by atoms with Gasteiger partial charge < -0.3 is 4.90 Å². The van der Waals surface area contributed by atoms with Gasteiger partial charge in [0.25, 0.3) is 0 Å². The molecule has 7 heteroatoms. The third-order valence-corrected chi connectivity index (χ3v) is 7.64. The third kappa shape index (κ3) is 3.86. The molecule has 0 bridgehead atoms. The van der Waals surface area contributed by atoms with Crippen molar-refractivity contribution in [3.63, 3.8) is 0 Å². The van der Waals surface area contributed by atoms with Crippen LogP contribution in [0.15, 0.2) is 48.5 Å². The van der Waals surface area contributed by atoms with Crippen molar-refractivity contribution in [1.29, 1.82) is 0 Å². The van der Waals surface area contributed by atoms with Crippen LogP contribution in [0.5, 0.6) is 0 Å². The van der Waals surface area contributed by atoms with Crippen molar-refractivity contribution in [2.75, 3.05) is 12.3 Å². The number of benzene rings is 2. The summed E-state index contributed by atoms with van der Waals surface area (Å²) in [6, 6.07) is 13.4. The van der Waals surface area contributed by atoms with E-state index < -0.39 is 26.9 Å². The van der Waals surface area contributed by atoms with E-state index in [2.05, 4.69) is 0 Å². The molecule has 1 saturated heterocycles. The first kappa shape index (κ1) is 18.8. The Bertz CT molecular complexity index is 971. The number of hydrogen-bond donors (Lipinski definition) is 0. The number of halogens is 2. The third-order valence-electron chi connectivity index (χ3n) is 5.20. The van der Waals surface area contributed by atoms with Crippen LogP contribution < -0.4 is 0 Å². The topological polar surface area (TPSA) is 54.5 Å². The van der Waals surface area contributed by atoms with Gasteiger partial charge in [-0.3, -0.25) is 4.79 Å². The van der Waals surface area contributed by atoms with Crippen molar-refractivity contribution in [3.8, 4) is 0 Å². The summed E-state index contributed by atoms with van der Waals surface area (Å²) < 4.78 is 26.2. The lowest BCUT2D eigenvalue weighted by molar-refractivity contribution is -0.132. The zero-order chi connectivity index (χ0) is 19.2. The molecule has 1 aliphatic carbocycles. The molecule has 0 aromatic heterocycles. The smallest absolute Gasteiger partial charge is 0.238 e. The van der Waals surface area contributed by atoms with E-state index in [-0.39, 0.29) is 5.91 Å². The lowest BCUT2D eigenvalue weighted by Gasteiger charge is -2.41. The maximum atomic E-state index is 13.1. The highest BCUT2D eigenvalue weighted by Crippen LogP contribution is 2.46. The van der Waals surface area contributed by atoms with E-state index in [9.17, 15) is 13.2 Å². The van der Waals surface area contributed by atoms with Crippen LogP contribution in [0.25, 0.3) is 0 Å². The van der Waals surface area contributed by atoms with Gasteiger partial charge in [-0.1, -0.05) is 47.5 Å². The monoisotopic (exact) mass is 423 g/mol. The fraction of sp³-hybridized carbons (Fsp3) is 0.350. The molecule has 2 aromatic carbocycles. The predicted molar refractivity (Wildman–Crippen MR) is 107 cm³/mol. The molecule has 2 aromatic rings. The minimum absolute atomic E-state index is 0.333. The van der Waals surface area contributed by atoms with Crippen molar-refractivity contribution < 1.29 is 13.2 Å². The number of carbonyl (C=O) groups excluding carboxylic acids is 1. The van der Waals surface area contributed by atoms with Crippen LogP contribution in [-0.2, 0) is 14.6 Å². The maximum Gasteiger partial charge on any atom is 0.238 e. The average molecular weight is 424 g/mol. The highest BCUT2D eigenvalue weighted by atomic mass is 35.5. The molecule has 4 rings (SSSR count). The second-order valence-corrected chi connectivity index (χ2v) is 10.3. The number of hydrogen-bond acceptors (Lipinski definition) is 3. The van der Waals surface area contributed by atoms with Gasteiger partial charge in [-0.2, -0.15) is 0 Å². The van der Waals surface area contributed by atoms with Gasteiger partial charge in [-0.15, -0.1) is 0 Å². The summed E-state index contributed by atoms with van der Waals surface area (Å²) in [7, 11) is -3.68. The van der Waals surface area contributed by atoms with Crippen molar-refractivity contribution >= 4 is 38.9 Å². The Morgan fingerprint density at radius 2 is 1.67 bits per heavy atom. The SMILES string of the molecule is O=C1CS(=O)(=O)[C@@H](c2cccc(Cl)c2)[C@@H](c2ccc(Cl)cc2)N1CC1CC1. The van der Waals surface area contributed by atoms with Crippen LogP contribution >= 0.6 is 23.2 Å². The summed E-state index contributed by atoms with van der Waals surface area (Å²) in [5.74, 6) is -0.356. The molecule has 0 radical (unpaired) electrons. The first-order valence-corrected chi connectivity index (χ1v) is 11.3. The predicted octanol–water partition coefficient (Wildman–Crippen LogP) is 4.44. The Balaban J connectivity index is 1.86. The van der Waals surface area contributed by atoms with E-state index in [1.54, 1.807) is 53.4 Å². The zero-order valence-electron chi connectivity index (χ0n) is 14.5. The van der Waals surface area contributed by atoms with Crippen LogP contribution in [-0.4, -0.2) is 31.5 Å². The van der Waals surface area contributed by atoms with E-state index in [4.69, 9.17) is 23.2 Å². The Kier molecular flexibility index (Phi) is 4.95. The number of nitrogens with zero attached hydrogens (tertiary/aromatic N) is 1. The molecule has 4 nitrogen and oxygen atoms in total. The molecular weight excluding hydrogens is 405 g/mol. The Morgan fingerprint density at radius 1 is 0.963 bits per heavy atom. The van der Waals surface area contributed by atoms with E-state index >= 15 is 0 Å². The summed E-state index contributed by atoms with van der Waals surface area (Å²) >= 11 is 12.2. The van der Waals surface area contributed by atoms with Crippen LogP contribution in [0.4, 0.5) is 0 Å². The lowest BCUT2D eigenvalue weighted by atomic mass is 9.95. The van der Waals surface area contributed by atoms with Crippen molar-refractivity contribution in [1.82, 2.24) is 4.90 Å². The van der Waals surface area contributed by atoms with Crippen LogP contribution in [0.2, 0.25) is 10.0 Å². The van der Waals surface area contributed by atoms with E-state index in [0.29, 0.717) is 28.1 Å². The molecule has 1 aliphatic heterocycles. The minimum atomic E-state index is -3.68. The van der Waals surface area contributed by atoms with Crippen LogP contribution in [0.1, 0.15) is 35.3 Å². The molecule has 142 valence electrons. The summed E-state index contributed by atoms with van der Waals surface area (Å²) in [5, 5.41) is 0.189. The van der Waals surface area contributed by atoms with Crippen molar-refractivity contribution in [3.05, 3.63) is 69.7 Å². The van der Waals surface area contributed by atoms with Gasteiger partial charge in [0, 0.05) is 16.6 Å². The van der Waals surface area contributed by atoms with Crippen LogP contribution in [0, 0.1) is 5.92 Å². The second kappa shape index (κ2) is 7.12. The van der Waals surface area contributed by atoms with Crippen LogP contribution in [0.3, 0.4) is 0 Å². The fourth-order valence-electron chi connectivity index (χ4n) is 3.74. The summed E-state index contributed by atoms with van der Waals surface area (Å²) in [6.45, 7) is 0.582. The number of amides is 1. The minimum Gasteiger partial charge on any atom is -0.333 e. The van der Waals surface area contributed by atoms with Crippen molar-refractivity contribution in [2.45, 2.75) is 24.1 Å². The first-order valence-electron chi connectivity index (χ1n) is 8.87. The normalized spacial score (nSPS) is 24.8. The zero-order valence-corrected chi connectivity index (χ0v) is 16.8. The molecule has 2 fully saturated rings.